The third-order valence-corrected chi connectivity index (χ3v) is 2.55. The monoisotopic (exact) mass is 308 g/mol. The van der Waals surface area contributed by atoms with E-state index in [9.17, 15) is 18.0 Å². The van der Waals surface area contributed by atoms with Crippen LogP contribution in [0.1, 0.15) is 31.4 Å². The minimum Gasteiger partial charge on any atom is -0.464 e. The van der Waals surface area contributed by atoms with Crippen LogP contribution >= 0.6 is 0 Å². The molecule has 0 spiro atoms. The summed E-state index contributed by atoms with van der Waals surface area (Å²) in [5, 5.41) is 5.12. The molecule has 2 unspecified atom stereocenters. The molecule has 0 aliphatic heterocycles. The van der Waals surface area contributed by atoms with Gasteiger partial charge in [0, 0.05) is 0 Å². The van der Waals surface area contributed by atoms with Crippen molar-refractivity contribution in [2.24, 2.45) is 0 Å². The molecular weight excluding hydrogens is 289 g/mol. The summed E-state index contributed by atoms with van der Waals surface area (Å²) in [4.78, 5) is 11.7. The molecule has 0 aromatic carbocycles. The number of hydrogen-bond acceptors (Lipinski definition) is 3. The minimum absolute atomic E-state index is 0.221. The number of hydrogen-bond donors (Lipinski definition) is 2. The molecule has 120 valence electrons. The molecule has 1 rings (SSSR count). The first kappa shape index (κ1) is 17.4. The van der Waals surface area contributed by atoms with Gasteiger partial charge in [-0.25, -0.2) is 4.79 Å². The van der Waals surface area contributed by atoms with Gasteiger partial charge >= 0.3 is 12.2 Å². The van der Waals surface area contributed by atoms with Crippen molar-refractivity contribution >= 4 is 6.03 Å². The van der Waals surface area contributed by atoms with Crippen molar-refractivity contribution < 1.29 is 27.1 Å². The molecule has 0 bridgehead atoms. The molecule has 21 heavy (non-hydrogen) atoms. The number of ether oxygens (including phenoxy) is 1. The summed E-state index contributed by atoms with van der Waals surface area (Å²) in [5.41, 5.74) is 0. The van der Waals surface area contributed by atoms with E-state index in [4.69, 9.17) is 4.42 Å². The van der Waals surface area contributed by atoms with E-state index in [0.29, 0.717) is 5.76 Å². The molecule has 2 atom stereocenters. The molecule has 2 amide bonds. The van der Waals surface area contributed by atoms with Crippen molar-refractivity contribution in [2.45, 2.75) is 39.0 Å². The molecule has 5 nitrogen and oxygen atoms in total. The fourth-order valence-electron chi connectivity index (χ4n) is 1.61. The Morgan fingerprint density at radius 1 is 1.33 bits per heavy atom. The molecule has 1 aromatic rings. The number of carbonyl (C=O) groups excluding carboxylic acids is 1. The van der Waals surface area contributed by atoms with Crippen LogP contribution in [0.25, 0.3) is 0 Å². The van der Waals surface area contributed by atoms with Crippen LogP contribution in [0.5, 0.6) is 0 Å². The fourth-order valence-corrected chi connectivity index (χ4v) is 1.61. The normalized spacial score (nSPS) is 14.6. The van der Waals surface area contributed by atoms with Crippen molar-refractivity contribution in [1.82, 2.24) is 10.6 Å². The van der Waals surface area contributed by atoms with E-state index in [1.54, 1.807) is 32.9 Å². The van der Waals surface area contributed by atoms with E-state index < -0.39 is 24.9 Å². The zero-order valence-electron chi connectivity index (χ0n) is 12.1. The zero-order valence-corrected chi connectivity index (χ0v) is 12.1. The average Bonchev–Trinajstić information content (AvgIpc) is 2.73. The summed E-state index contributed by atoms with van der Waals surface area (Å²) in [6.07, 6.45) is -4.37. The second-order valence-electron chi connectivity index (χ2n) is 4.82. The molecule has 0 saturated carbocycles. The van der Waals surface area contributed by atoms with Gasteiger partial charge in [-0.2, -0.15) is 13.2 Å². The van der Waals surface area contributed by atoms with Gasteiger partial charge in [-0.05, 0) is 32.9 Å². The van der Waals surface area contributed by atoms with E-state index in [-0.39, 0.29) is 12.6 Å². The third kappa shape index (κ3) is 7.03. The summed E-state index contributed by atoms with van der Waals surface area (Å²) in [5.74, 6) is 1.33. The van der Waals surface area contributed by atoms with Crippen LogP contribution in [0.4, 0.5) is 18.0 Å². The predicted octanol–water partition coefficient (Wildman–Crippen LogP) is 2.92. The lowest BCUT2D eigenvalue weighted by molar-refractivity contribution is -0.174. The largest absolute Gasteiger partial charge is 0.464 e. The first-order valence-electron chi connectivity index (χ1n) is 6.45. The number of rotatable bonds is 6. The Labute approximate surface area is 120 Å². The SMILES string of the molecule is Cc1ccc(C(C)NC(=O)NC(C)COCC(F)(F)F)o1. The van der Waals surface area contributed by atoms with Gasteiger partial charge in [0.05, 0.1) is 18.7 Å². The Kier molecular flexibility index (Phi) is 6.07. The van der Waals surface area contributed by atoms with Crippen LogP contribution < -0.4 is 10.6 Å². The number of alkyl halides is 3. The van der Waals surface area contributed by atoms with E-state index in [1.807, 2.05) is 0 Å². The summed E-state index contributed by atoms with van der Waals surface area (Å²) in [6.45, 7) is 3.53. The Balaban J connectivity index is 2.29. The van der Waals surface area contributed by atoms with Crippen molar-refractivity contribution in [1.29, 1.82) is 0 Å². The first-order valence-corrected chi connectivity index (χ1v) is 6.45. The van der Waals surface area contributed by atoms with Gasteiger partial charge < -0.3 is 19.8 Å². The lowest BCUT2D eigenvalue weighted by Gasteiger charge is -2.17. The van der Waals surface area contributed by atoms with Crippen LogP contribution in [-0.4, -0.2) is 31.5 Å². The maximum Gasteiger partial charge on any atom is 0.411 e. The topological polar surface area (TPSA) is 63.5 Å². The number of halogens is 3. The van der Waals surface area contributed by atoms with Gasteiger partial charge in [0.25, 0.3) is 0 Å². The van der Waals surface area contributed by atoms with Gasteiger partial charge in [-0.3, -0.25) is 0 Å². The second kappa shape index (κ2) is 7.35. The van der Waals surface area contributed by atoms with Crippen molar-refractivity contribution in [3.8, 4) is 0 Å². The van der Waals surface area contributed by atoms with Crippen molar-refractivity contribution in [3.63, 3.8) is 0 Å². The van der Waals surface area contributed by atoms with Crippen LogP contribution in [-0.2, 0) is 4.74 Å². The zero-order chi connectivity index (χ0) is 16.0. The summed E-state index contributed by atoms with van der Waals surface area (Å²) < 4.78 is 45.5. The maximum atomic E-state index is 11.9. The summed E-state index contributed by atoms with van der Waals surface area (Å²) in [7, 11) is 0. The lowest BCUT2D eigenvalue weighted by atomic mass is 10.2. The highest BCUT2D eigenvalue weighted by Crippen LogP contribution is 2.15. The van der Waals surface area contributed by atoms with Gasteiger partial charge in [0.2, 0.25) is 0 Å². The molecule has 1 aromatic heterocycles. The first-order chi connectivity index (χ1) is 9.67. The predicted molar refractivity (Wildman–Crippen MR) is 69.9 cm³/mol. The molecule has 8 heteroatoms. The van der Waals surface area contributed by atoms with E-state index >= 15 is 0 Å². The molecular formula is C13H19F3N2O3. The van der Waals surface area contributed by atoms with Crippen LogP contribution in [0.15, 0.2) is 16.5 Å². The highest BCUT2D eigenvalue weighted by Gasteiger charge is 2.27. The highest BCUT2D eigenvalue weighted by molar-refractivity contribution is 5.74. The van der Waals surface area contributed by atoms with Crippen LogP contribution in [0.3, 0.4) is 0 Å². The molecule has 0 fully saturated rings. The lowest BCUT2D eigenvalue weighted by Crippen LogP contribution is -2.43. The Hall–Kier alpha value is -1.70. The van der Waals surface area contributed by atoms with Crippen LogP contribution in [0.2, 0.25) is 0 Å². The van der Waals surface area contributed by atoms with Crippen LogP contribution in [0, 0.1) is 6.92 Å². The van der Waals surface area contributed by atoms with Crippen molar-refractivity contribution in [2.75, 3.05) is 13.2 Å². The molecule has 0 saturated heterocycles. The number of carbonyl (C=O) groups is 1. The number of urea groups is 1. The highest BCUT2D eigenvalue weighted by atomic mass is 19.4. The number of amides is 2. The minimum atomic E-state index is -4.37. The maximum absolute atomic E-state index is 11.9. The standard InChI is InChI=1S/C13H19F3N2O3/c1-8(6-20-7-13(14,15)16)17-12(19)18-10(3)11-5-4-9(2)21-11/h4-5,8,10H,6-7H2,1-3H3,(H2,17,18,19). The Morgan fingerprint density at radius 3 is 2.52 bits per heavy atom. The van der Waals surface area contributed by atoms with E-state index in [1.165, 1.54) is 0 Å². The summed E-state index contributed by atoms with van der Waals surface area (Å²) in [6, 6.07) is 2.13. The smallest absolute Gasteiger partial charge is 0.411 e. The quantitative estimate of drug-likeness (QED) is 0.849. The second-order valence-corrected chi connectivity index (χ2v) is 4.82. The number of aryl methyl sites for hydroxylation is 1. The fraction of sp³-hybridized carbons (Fsp3) is 0.615. The third-order valence-electron chi connectivity index (χ3n) is 2.55. The Morgan fingerprint density at radius 2 is 2.00 bits per heavy atom. The van der Waals surface area contributed by atoms with Gasteiger partial charge in [0.1, 0.15) is 18.1 Å². The molecule has 0 radical (unpaired) electrons. The number of furan rings is 1. The van der Waals surface area contributed by atoms with E-state index in [2.05, 4.69) is 15.4 Å². The van der Waals surface area contributed by atoms with Crippen molar-refractivity contribution in [3.05, 3.63) is 23.7 Å². The summed E-state index contributed by atoms with van der Waals surface area (Å²) >= 11 is 0. The molecule has 0 aliphatic carbocycles. The van der Waals surface area contributed by atoms with E-state index in [0.717, 1.165) is 5.76 Å². The van der Waals surface area contributed by atoms with Gasteiger partial charge in [0.15, 0.2) is 0 Å². The van der Waals surface area contributed by atoms with Gasteiger partial charge in [-0.1, -0.05) is 0 Å². The Bertz CT molecular complexity index is 460. The molecule has 1 heterocycles. The average molecular weight is 308 g/mol. The molecule has 0 aliphatic rings. The number of nitrogens with one attached hydrogen (secondary N) is 2. The molecule has 2 N–H and O–H groups in total. The van der Waals surface area contributed by atoms with Gasteiger partial charge in [-0.15, -0.1) is 0 Å².